The lowest BCUT2D eigenvalue weighted by atomic mass is 10.0. The van der Waals surface area contributed by atoms with Crippen molar-refractivity contribution in [2.45, 2.75) is 32.6 Å². The molecule has 0 spiro atoms. The van der Waals surface area contributed by atoms with E-state index in [1.165, 1.54) is 11.6 Å². The van der Waals surface area contributed by atoms with Crippen LogP contribution in [0.25, 0.3) is 0 Å². The van der Waals surface area contributed by atoms with E-state index in [0.717, 1.165) is 12.0 Å². The molecule has 1 aromatic heterocycles. The van der Waals surface area contributed by atoms with Crippen LogP contribution in [0.15, 0.2) is 51.7 Å². The van der Waals surface area contributed by atoms with Gasteiger partial charge in [0.15, 0.2) is 0 Å². The maximum Gasteiger partial charge on any atom is 0.335 e. The van der Waals surface area contributed by atoms with Crippen molar-refractivity contribution in [2.75, 3.05) is 0 Å². The smallest absolute Gasteiger partial charge is 0.335 e. The second-order valence-electron chi connectivity index (χ2n) is 4.89. The summed E-state index contributed by atoms with van der Waals surface area (Å²) in [4.78, 5) is 22.4. The Labute approximate surface area is 118 Å². The molecule has 0 amide bonds. The van der Waals surface area contributed by atoms with Crippen molar-refractivity contribution in [1.82, 2.24) is 0 Å². The molecule has 0 bridgehead atoms. The largest absolute Gasteiger partial charge is 0.428 e. The van der Waals surface area contributed by atoms with Crippen molar-refractivity contribution in [2.24, 2.45) is 0 Å². The highest BCUT2D eigenvalue weighted by Crippen LogP contribution is 2.13. The highest BCUT2D eigenvalue weighted by molar-refractivity contribution is 5.75. The van der Waals surface area contributed by atoms with Crippen molar-refractivity contribution >= 4 is 5.78 Å². The quantitative estimate of drug-likeness (QED) is 0.810. The molecule has 3 heteroatoms. The molecule has 2 aromatic rings. The maximum atomic E-state index is 11.4. The fraction of sp³-hybridized carbons (Fsp3) is 0.294. The number of rotatable bonds is 6. The topological polar surface area (TPSA) is 47.3 Å². The number of hydrogen-bond donors (Lipinski definition) is 0. The second kappa shape index (κ2) is 6.85. The Morgan fingerprint density at radius 2 is 1.75 bits per heavy atom. The Morgan fingerprint density at radius 1 is 1.00 bits per heavy atom. The lowest BCUT2D eigenvalue weighted by Gasteiger charge is -2.07. The zero-order valence-electron chi connectivity index (χ0n) is 11.6. The summed E-state index contributed by atoms with van der Waals surface area (Å²) in [5.41, 5.74) is 1.83. The normalized spacial score (nSPS) is 10.4. The molecule has 1 heterocycles. The van der Waals surface area contributed by atoms with E-state index in [-0.39, 0.29) is 11.4 Å². The second-order valence-corrected chi connectivity index (χ2v) is 4.89. The molecule has 0 radical (unpaired) electrons. The number of benzene rings is 1. The van der Waals surface area contributed by atoms with Crippen molar-refractivity contribution < 1.29 is 9.21 Å². The Hall–Kier alpha value is -2.16. The van der Waals surface area contributed by atoms with E-state index in [1.807, 2.05) is 18.2 Å². The third-order valence-electron chi connectivity index (χ3n) is 3.23. The predicted octanol–water partition coefficient (Wildman–Crippen LogP) is 2.95. The van der Waals surface area contributed by atoms with Gasteiger partial charge in [-0.2, -0.15) is 0 Å². The summed E-state index contributed by atoms with van der Waals surface area (Å²) in [7, 11) is 0. The van der Waals surface area contributed by atoms with E-state index in [2.05, 4.69) is 12.1 Å². The summed E-state index contributed by atoms with van der Waals surface area (Å²) in [6.45, 7) is 1.57. The van der Waals surface area contributed by atoms with Gasteiger partial charge in [-0.15, -0.1) is 0 Å². The van der Waals surface area contributed by atoms with E-state index in [0.29, 0.717) is 25.0 Å². The lowest BCUT2D eigenvalue weighted by Crippen LogP contribution is -2.06. The Bertz CT molecular complexity index is 626. The molecule has 3 nitrogen and oxygen atoms in total. The SMILES string of the molecule is CC(=O)CCc1ccc(=O)oc1CCc1ccccc1. The highest BCUT2D eigenvalue weighted by atomic mass is 16.4. The molecule has 0 aliphatic rings. The molecular weight excluding hydrogens is 252 g/mol. The fourth-order valence-electron chi connectivity index (χ4n) is 2.13. The molecule has 1 aromatic carbocycles. The molecule has 0 unspecified atom stereocenters. The van der Waals surface area contributed by atoms with Gasteiger partial charge in [-0.1, -0.05) is 30.3 Å². The van der Waals surface area contributed by atoms with Gasteiger partial charge in [0.25, 0.3) is 0 Å². The van der Waals surface area contributed by atoms with E-state index in [4.69, 9.17) is 4.42 Å². The van der Waals surface area contributed by atoms with Crippen molar-refractivity contribution in [1.29, 1.82) is 0 Å². The van der Waals surface area contributed by atoms with Gasteiger partial charge >= 0.3 is 5.63 Å². The van der Waals surface area contributed by atoms with Crippen LogP contribution >= 0.6 is 0 Å². The van der Waals surface area contributed by atoms with Crippen LogP contribution in [0.4, 0.5) is 0 Å². The maximum absolute atomic E-state index is 11.4. The van der Waals surface area contributed by atoms with E-state index < -0.39 is 0 Å². The molecular formula is C17H18O3. The minimum Gasteiger partial charge on any atom is -0.428 e. The van der Waals surface area contributed by atoms with Gasteiger partial charge in [-0.25, -0.2) is 4.79 Å². The van der Waals surface area contributed by atoms with Crippen molar-refractivity contribution in [3.63, 3.8) is 0 Å². The standard InChI is InChI=1S/C17H18O3/c1-13(18)7-9-15-10-12-17(19)20-16(15)11-8-14-5-3-2-4-6-14/h2-6,10,12H,7-9,11H2,1H3. The average Bonchev–Trinajstić information content (AvgIpc) is 2.45. The summed E-state index contributed by atoms with van der Waals surface area (Å²) in [6.07, 6.45) is 2.60. The molecule has 0 aliphatic carbocycles. The van der Waals surface area contributed by atoms with Crippen LogP contribution in [0.2, 0.25) is 0 Å². The molecule has 0 N–H and O–H groups in total. The van der Waals surface area contributed by atoms with Crippen LogP contribution in [0.3, 0.4) is 0 Å². The predicted molar refractivity (Wildman–Crippen MR) is 77.8 cm³/mol. The fourth-order valence-corrected chi connectivity index (χ4v) is 2.13. The molecule has 0 saturated carbocycles. The van der Waals surface area contributed by atoms with Gasteiger partial charge in [-0.3, -0.25) is 0 Å². The number of aryl methyl sites for hydroxylation is 3. The number of hydrogen-bond acceptors (Lipinski definition) is 3. The summed E-state index contributed by atoms with van der Waals surface area (Å²) in [5.74, 6) is 0.841. The van der Waals surface area contributed by atoms with Crippen LogP contribution < -0.4 is 5.63 Å². The summed E-state index contributed by atoms with van der Waals surface area (Å²) >= 11 is 0. The summed E-state index contributed by atoms with van der Waals surface area (Å²) in [5, 5.41) is 0. The van der Waals surface area contributed by atoms with E-state index >= 15 is 0 Å². The van der Waals surface area contributed by atoms with Crippen molar-refractivity contribution in [3.8, 4) is 0 Å². The average molecular weight is 270 g/mol. The Kier molecular flexibility index (Phi) is 4.88. The first-order chi connectivity index (χ1) is 9.65. The summed E-state index contributed by atoms with van der Waals surface area (Å²) in [6, 6.07) is 13.3. The first kappa shape index (κ1) is 14.3. The monoisotopic (exact) mass is 270 g/mol. The van der Waals surface area contributed by atoms with Gasteiger partial charge < -0.3 is 9.21 Å². The number of carbonyl (C=O) groups excluding carboxylic acids is 1. The number of ketones is 1. The highest BCUT2D eigenvalue weighted by Gasteiger charge is 2.08. The minimum absolute atomic E-state index is 0.144. The molecule has 104 valence electrons. The van der Waals surface area contributed by atoms with E-state index in [1.54, 1.807) is 13.0 Å². The number of carbonyl (C=O) groups is 1. The van der Waals surface area contributed by atoms with Crippen LogP contribution in [0.1, 0.15) is 30.2 Å². The lowest BCUT2D eigenvalue weighted by molar-refractivity contribution is -0.116. The molecule has 20 heavy (non-hydrogen) atoms. The van der Waals surface area contributed by atoms with Gasteiger partial charge in [0.1, 0.15) is 11.5 Å². The van der Waals surface area contributed by atoms with Gasteiger partial charge in [0.05, 0.1) is 0 Å². The van der Waals surface area contributed by atoms with Gasteiger partial charge in [0.2, 0.25) is 0 Å². The Morgan fingerprint density at radius 3 is 2.45 bits per heavy atom. The first-order valence-electron chi connectivity index (χ1n) is 6.80. The van der Waals surface area contributed by atoms with Gasteiger partial charge in [-0.05, 0) is 37.0 Å². The van der Waals surface area contributed by atoms with Crippen molar-refractivity contribution in [3.05, 3.63) is 69.8 Å². The number of Topliss-reactive ketones (excluding diaryl/α,β-unsaturated/α-hetero) is 1. The van der Waals surface area contributed by atoms with Crippen LogP contribution in [-0.2, 0) is 24.1 Å². The third-order valence-corrected chi connectivity index (χ3v) is 3.23. The van der Waals surface area contributed by atoms with Gasteiger partial charge in [0, 0.05) is 18.9 Å². The zero-order chi connectivity index (χ0) is 14.4. The zero-order valence-corrected chi connectivity index (χ0v) is 11.6. The third kappa shape index (κ3) is 4.19. The molecule has 2 rings (SSSR count). The molecule has 0 saturated heterocycles. The first-order valence-corrected chi connectivity index (χ1v) is 6.80. The van der Waals surface area contributed by atoms with Crippen LogP contribution in [0, 0.1) is 0 Å². The van der Waals surface area contributed by atoms with Crippen LogP contribution in [-0.4, -0.2) is 5.78 Å². The molecule has 0 aliphatic heterocycles. The minimum atomic E-state index is -0.334. The van der Waals surface area contributed by atoms with E-state index in [9.17, 15) is 9.59 Å². The summed E-state index contributed by atoms with van der Waals surface area (Å²) < 4.78 is 5.30. The molecule has 0 atom stereocenters. The Balaban J connectivity index is 2.10. The van der Waals surface area contributed by atoms with Crippen LogP contribution in [0.5, 0.6) is 0 Å². The molecule has 0 fully saturated rings.